The van der Waals surface area contributed by atoms with Gasteiger partial charge in [0, 0.05) is 24.2 Å². The first kappa shape index (κ1) is 21.5. The maximum Gasteiger partial charge on any atom is 0.416 e. The molecule has 4 heterocycles. The predicted molar refractivity (Wildman–Crippen MR) is 121 cm³/mol. The highest BCUT2D eigenvalue weighted by molar-refractivity contribution is 5.88. The van der Waals surface area contributed by atoms with E-state index < -0.39 is 11.7 Å². The molecule has 172 valence electrons. The molecule has 1 fully saturated rings. The second kappa shape index (κ2) is 7.60. The van der Waals surface area contributed by atoms with E-state index in [2.05, 4.69) is 37.8 Å². The van der Waals surface area contributed by atoms with Gasteiger partial charge in [0.2, 0.25) is 0 Å². The summed E-state index contributed by atoms with van der Waals surface area (Å²) in [4.78, 5) is 22.6. The van der Waals surface area contributed by atoms with Crippen molar-refractivity contribution < 1.29 is 13.2 Å². The largest absolute Gasteiger partial charge is 0.416 e. The number of alkyl halides is 3. The standard InChI is InChI=1S/C24H25F3N6/c1-14-12-18-20(30-14)28-13-29-21(18)33-10-8-23(3,9-11-33)22-31-15(2)19(32-22)16-4-6-17(7-5-16)24(25,26)27/h4-7,12-13H,8-11H2,1-3H3,(H,31,32)(H,28,29,30). The molecule has 6 nitrogen and oxygen atoms in total. The molecule has 3 aromatic heterocycles. The van der Waals surface area contributed by atoms with Crippen LogP contribution in [0.4, 0.5) is 19.0 Å². The maximum atomic E-state index is 12.9. The van der Waals surface area contributed by atoms with E-state index in [1.54, 1.807) is 6.33 Å². The van der Waals surface area contributed by atoms with Crippen molar-refractivity contribution in [2.75, 3.05) is 18.0 Å². The molecule has 1 aromatic carbocycles. The number of benzene rings is 1. The van der Waals surface area contributed by atoms with Crippen LogP contribution in [0.25, 0.3) is 22.3 Å². The van der Waals surface area contributed by atoms with E-state index in [4.69, 9.17) is 4.98 Å². The average Bonchev–Trinajstić information content (AvgIpc) is 3.36. The summed E-state index contributed by atoms with van der Waals surface area (Å²) in [6.45, 7) is 7.73. The average molecular weight is 455 g/mol. The molecule has 0 unspecified atom stereocenters. The topological polar surface area (TPSA) is 73.5 Å². The van der Waals surface area contributed by atoms with Gasteiger partial charge in [0.25, 0.3) is 0 Å². The number of nitrogens with one attached hydrogen (secondary N) is 2. The van der Waals surface area contributed by atoms with Crippen LogP contribution in [-0.4, -0.2) is 38.0 Å². The molecule has 0 bridgehead atoms. The number of nitrogens with zero attached hydrogens (tertiary/aromatic N) is 4. The van der Waals surface area contributed by atoms with E-state index in [0.717, 1.165) is 77.8 Å². The Kier molecular flexibility index (Phi) is 4.95. The Labute approximate surface area is 189 Å². The van der Waals surface area contributed by atoms with Crippen LogP contribution in [0.3, 0.4) is 0 Å². The molecule has 1 saturated heterocycles. The Morgan fingerprint density at radius 3 is 2.36 bits per heavy atom. The van der Waals surface area contributed by atoms with Crippen LogP contribution in [0, 0.1) is 13.8 Å². The smallest absolute Gasteiger partial charge is 0.356 e. The van der Waals surface area contributed by atoms with Gasteiger partial charge in [-0.1, -0.05) is 19.1 Å². The number of hydrogen-bond donors (Lipinski definition) is 2. The monoisotopic (exact) mass is 454 g/mol. The summed E-state index contributed by atoms with van der Waals surface area (Å²) in [5, 5.41) is 1.03. The van der Waals surface area contributed by atoms with Gasteiger partial charge in [-0.3, -0.25) is 0 Å². The van der Waals surface area contributed by atoms with Crippen molar-refractivity contribution in [3.05, 3.63) is 59.4 Å². The molecular formula is C24H25F3N6. The van der Waals surface area contributed by atoms with Gasteiger partial charge in [-0.2, -0.15) is 13.2 Å². The fourth-order valence-corrected chi connectivity index (χ4v) is 4.61. The number of aryl methyl sites for hydroxylation is 2. The first-order chi connectivity index (χ1) is 15.6. The normalized spacial score (nSPS) is 16.5. The SMILES string of the molecule is Cc1cc2c(N3CCC(C)(c4nc(C)c(-c5ccc(C(F)(F)F)cc5)[nH]4)CC3)ncnc2[nH]1. The molecule has 0 radical (unpaired) electrons. The second-order valence-corrected chi connectivity index (χ2v) is 9.08. The number of hydrogen-bond acceptors (Lipinski definition) is 4. The van der Waals surface area contributed by atoms with Crippen molar-refractivity contribution in [1.82, 2.24) is 24.9 Å². The van der Waals surface area contributed by atoms with Gasteiger partial charge in [0.1, 0.15) is 23.6 Å². The van der Waals surface area contributed by atoms with Crippen molar-refractivity contribution in [3.63, 3.8) is 0 Å². The van der Waals surface area contributed by atoms with Crippen molar-refractivity contribution >= 4 is 16.9 Å². The molecule has 0 spiro atoms. The molecule has 0 amide bonds. The van der Waals surface area contributed by atoms with E-state index in [0.29, 0.717) is 5.56 Å². The zero-order valence-electron chi connectivity index (χ0n) is 18.7. The van der Waals surface area contributed by atoms with Crippen LogP contribution in [0.2, 0.25) is 0 Å². The zero-order chi connectivity index (χ0) is 23.4. The van der Waals surface area contributed by atoms with E-state index in [-0.39, 0.29) is 5.41 Å². The summed E-state index contributed by atoms with van der Waals surface area (Å²) in [6.07, 6.45) is -1.00. The highest BCUT2D eigenvalue weighted by Crippen LogP contribution is 2.38. The fourth-order valence-electron chi connectivity index (χ4n) is 4.61. The number of H-pyrrole nitrogens is 2. The number of anilines is 1. The molecule has 9 heteroatoms. The molecular weight excluding hydrogens is 429 g/mol. The van der Waals surface area contributed by atoms with E-state index in [9.17, 15) is 13.2 Å². The highest BCUT2D eigenvalue weighted by Gasteiger charge is 2.36. The number of rotatable bonds is 3. The van der Waals surface area contributed by atoms with E-state index in [1.807, 2.05) is 13.8 Å². The summed E-state index contributed by atoms with van der Waals surface area (Å²) in [5.74, 6) is 1.81. The molecule has 0 atom stereocenters. The van der Waals surface area contributed by atoms with Crippen LogP contribution in [-0.2, 0) is 11.6 Å². The first-order valence-corrected chi connectivity index (χ1v) is 10.9. The number of aromatic nitrogens is 5. The van der Waals surface area contributed by atoms with Crippen LogP contribution in [0.5, 0.6) is 0 Å². The Morgan fingerprint density at radius 1 is 1.00 bits per heavy atom. The lowest BCUT2D eigenvalue weighted by atomic mass is 9.79. The third-order valence-corrected chi connectivity index (χ3v) is 6.66. The summed E-state index contributed by atoms with van der Waals surface area (Å²) in [6, 6.07) is 7.29. The third kappa shape index (κ3) is 3.85. The van der Waals surface area contributed by atoms with Crippen molar-refractivity contribution in [2.24, 2.45) is 0 Å². The van der Waals surface area contributed by atoms with Crippen LogP contribution < -0.4 is 4.90 Å². The van der Waals surface area contributed by atoms with Gasteiger partial charge in [-0.15, -0.1) is 0 Å². The Balaban J connectivity index is 1.37. The summed E-state index contributed by atoms with van der Waals surface area (Å²) in [5.41, 5.74) is 3.33. The van der Waals surface area contributed by atoms with Crippen LogP contribution >= 0.6 is 0 Å². The van der Waals surface area contributed by atoms with Crippen LogP contribution in [0.15, 0.2) is 36.7 Å². The molecule has 0 saturated carbocycles. The zero-order valence-corrected chi connectivity index (χ0v) is 18.7. The Morgan fingerprint density at radius 2 is 1.70 bits per heavy atom. The van der Waals surface area contributed by atoms with E-state index in [1.165, 1.54) is 12.1 Å². The van der Waals surface area contributed by atoms with Gasteiger partial charge in [0.05, 0.1) is 22.3 Å². The van der Waals surface area contributed by atoms with Crippen LogP contribution in [0.1, 0.15) is 42.5 Å². The number of piperidine rings is 1. The minimum Gasteiger partial charge on any atom is -0.356 e. The molecule has 1 aliphatic heterocycles. The van der Waals surface area contributed by atoms with Gasteiger partial charge in [-0.25, -0.2) is 15.0 Å². The number of imidazole rings is 1. The van der Waals surface area contributed by atoms with Gasteiger partial charge >= 0.3 is 6.18 Å². The number of aromatic amines is 2. The minimum absolute atomic E-state index is 0.161. The lowest BCUT2D eigenvalue weighted by Crippen LogP contribution is -2.42. The quantitative estimate of drug-likeness (QED) is 0.426. The lowest BCUT2D eigenvalue weighted by Gasteiger charge is -2.38. The third-order valence-electron chi connectivity index (χ3n) is 6.66. The highest BCUT2D eigenvalue weighted by atomic mass is 19.4. The lowest BCUT2D eigenvalue weighted by molar-refractivity contribution is -0.137. The molecule has 2 N–H and O–H groups in total. The first-order valence-electron chi connectivity index (χ1n) is 10.9. The van der Waals surface area contributed by atoms with Crippen molar-refractivity contribution in [3.8, 4) is 11.3 Å². The van der Waals surface area contributed by atoms with Crippen molar-refractivity contribution in [2.45, 2.75) is 45.2 Å². The number of fused-ring (bicyclic) bond motifs is 1. The maximum absolute atomic E-state index is 12.9. The van der Waals surface area contributed by atoms with Gasteiger partial charge in [0.15, 0.2) is 0 Å². The number of halogens is 3. The van der Waals surface area contributed by atoms with Gasteiger partial charge < -0.3 is 14.9 Å². The molecule has 33 heavy (non-hydrogen) atoms. The Hall–Kier alpha value is -3.36. The van der Waals surface area contributed by atoms with Crippen molar-refractivity contribution in [1.29, 1.82) is 0 Å². The molecule has 4 aromatic rings. The predicted octanol–water partition coefficient (Wildman–Crippen LogP) is 5.54. The second-order valence-electron chi connectivity index (χ2n) is 9.08. The van der Waals surface area contributed by atoms with E-state index >= 15 is 0 Å². The summed E-state index contributed by atoms with van der Waals surface area (Å²) >= 11 is 0. The Bertz CT molecular complexity index is 1290. The summed E-state index contributed by atoms with van der Waals surface area (Å²) in [7, 11) is 0. The molecule has 0 aliphatic carbocycles. The molecule has 1 aliphatic rings. The fraction of sp³-hybridized carbons (Fsp3) is 0.375. The molecule has 5 rings (SSSR count). The van der Waals surface area contributed by atoms with Gasteiger partial charge in [-0.05, 0) is 50.5 Å². The summed E-state index contributed by atoms with van der Waals surface area (Å²) < 4.78 is 38.7. The minimum atomic E-state index is -4.34.